The molecule has 2 atom stereocenters. The summed E-state index contributed by atoms with van der Waals surface area (Å²) in [6, 6.07) is 4.07. The molecule has 0 aromatic heterocycles. The lowest BCUT2D eigenvalue weighted by molar-refractivity contribution is -0.160. The van der Waals surface area contributed by atoms with Gasteiger partial charge in [-0.05, 0) is 38.0 Å². The fourth-order valence-corrected chi connectivity index (χ4v) is 4.44. The van der Waals surface area contributed by atoms with Crippen molar-refractivity contribution in [2.75, 3.05) is 20.2 Å². The van der Waals surface area contributed by atoms with E-state index in [0.717, 1.165) is 12.8 Å². The van der Waals surface area contributed by atoms with E-state index in [1.807, 2.05) is 0 Å². The van der Waals surface area contributed by atoms with Crippen LogP contribution in [0.15, 0.2) is 23.1 Å². The number of benzene rings is 1. The lowest BCUT2D eigenvalue weighted by Gasteiger charge is -2.35. The molecule has 1 unspecified atom stereocenters. The molecule has 2 N–H and O–H groups in total. The summed E-state index contributed by atoms with van der Waals surface area (Å²) in [7, 11) is -2.47. The van der Waals surface area contributed by atoms with Crippen LogP contribution in [-0.4, -0.2) is 68.7 Å². The van der Waals surface area contributed by atoms with E-state index in [9.17, 15) is 18.0 Å². The Balaban J connectivity index is 1.88. The summed E-state index contributed by atoms with van der Waals surface area (Å²) < 4.78 is 38.2. The number of carboxylic acid groups (broad SMARTS) is 1. The Hall–Kier alpha value is -2.17. The monoisotopic (exact) mass is 398 g/mol. The molecule has 27 heavy (non-hydrogen) atoms. The average molecular weight is 398 g/mol. The van der Waals surface area contributed by atoms with E-state index in [4.69, 9.17) is 14.6 Å². The minimum Gasteiger partial charge on any atom is -0.495 e. The number of rotatable bonds is 6. The van der Waals surface area contributed by atoms with Crippen LogP contribution in [0.1, 0.15) is 30.1 Å². The van der Waals surface area contributed by atoms with E-state index in [1.165, 1.54) is 30.2 Å². The third-order valence-electron chi connectivity index (χ3n) is 4.42. The molecule has 1 aliphatic carbocycles. The molecule has 148 valence electrons. The fraction of sp³-hybridized carbons (Fsp3) is 0.529. The molecule has 2 fully saturated rings. The van der Waals surface area contributed by atoms with E-state index in [-0.39, 0.29) is 35.3 Å². The van der Waals surface area contributed by atoms with Gasteiger partial charge in [0.05, 0.1) is 19.8 Å². The maximum atomic E-state index is 12.8. The average Bonchev–Trinajstić information content (AvgIpc) is 3.43. The first-order valence-electron chi connectivity index (χ1n) is 8.59. The molecular weight excluding hydrogens is 376 g/mol. The van der Waals surface area contributed by atoms with Crippen LogP contribution in [0.5, 0.6) is 5.75 Å². The molecular formula is C17H22N2O7S. The Kier molecular flexibility index (Phi) is 5.41. The van der Waals surface area contributed by atoms with Crippen molar-refractivity contribution in [3.05, 3.63) is 23.8 Å². The SMILES string of the molecule is COc1ccc(C(=O)N2CC(C(=O)O)O[C@H](C)C2)cc1S(=O)(=O)NC1CC1. The smallest absolute Gasteiger partial charge is 0.334 e. The number of nitrogens with one attached hydrogen (secondary N) is 1. The maximum absolute atomic E-state index is 12.8. The van der Waals surface area contributed by atoms with Crippen LogP contribution in [0.2, 0.25) is 0 Å². The zero-order valence-corrected chi connectivity index (χ0v) is 15.9. The van der Waals surface area contributed by atoms with Gasteiger partial charge in [-0.15, -0.1) is 0 Å². The van der Waals surface area contributed by atoms with Gasteiger partial charge in [0.1, 0.15) is 10.6 Å². The number of carbonyl (C=O) groups is 2. The summed E-state index contributed by atoms with van der Waals surface area (Å²) in [5.74, 6) is -1.47. The number of hydrogen-bond donors (Lipinski definition) is 2. The predicted octanol–water partition coefficient (Wildman–Crippen LogP) is 0.450. The van der Waals surface area contributed by atoms with E-state index in [1.54, 1.807) is 6.92 Å². The minimum atomic E-state index is -3.83. The number of nitrogens with zero attached hydrogens (tertiary/aromatic N) is 1. The molecule has 0 radical (unpaired) electrons. The first-order valence-corrected chi connectivity index (χ1v) is 10.1. The highest BCUT2D eigenvalue weighted by atomic mass is 32.2. The van der Waals surface area contributed by atoms with Gasteiger partial charge in [0, 0.05) is 18.2 Å². The molecule has 1 aromatic carbocycles. The van der Waals surface area contributed by atoms with Crippen molar-refractivity contribution in [3.63, 3.8) is 0 Å². The molecule has 1 saturated carbocycles. The molecule has 0 spiro atoms. The van der Waals surface area contributed by atoms with Gasteiger partial charge in [-0.2, -0.15) is 0 Å². The van der Waals surface area contributed by atoms with Crippen molar-refractivity contribution < 1.29 is 32.6 Å². The van der Waals surface area contributed by atoms with Crippen LogP contribution < -0.4 is 9.46 Å². The molecule has 0 bridgehead atoms. The number of carbonyl (C=O) groups excluding carboxylic acids is 1. The summed E-state index contributed by atoms with van der Waals surface area (Å²) >= 11 is 0. The topological polar surface area (TPSA) is 122 Å². The number of sulfonamides is 1. The summed E-state index contributed by atoms with van der Waals surface area (Å²) in [6.45, 7) is 1.79. The molecule has 1 saturated heterocycles. The van der Waals surface area contributed by atoms with Crippen LogP contribution in [0.3, 0.4) is 0 Å². The first-order chi connectivity index (χ1) is 12.7. The van der Waals surface area contributed by atoms with Gasteiger partial charge < -0.3 is 19.5 Å². The van der Waals surface area contributed by atoms with E-state index in [0.29, 0.717) is 0 Å². The van der Waals surface area contributed by atoms with Crippen LogP contribution in [-0.2, 0) is 19.6 Å². The lowest BCUT2D eigenvalue weighted by Crippen LogP contribution is -2.51. The van der Waals surface area contributed by atoms with E-state index < -0.39 is 34.1 Å². The van der Waals surface area contributed by atoms with Crippen LogP contribution in [0.4, 0.5) is 0 Å². The maximum Gasteiger partial charge on any atom is 0.334 e. The summed E-state index contributed by atoms with van der Waals surface area (Å²) in [5.41, 5.74) is 0.144. The first kappa shape index (κ1) is 19.6. The largest absolute Gasteiger partial charge is 0.495 e. The van der Waals surface area contributed by atoms with Gasteiger partial charge >= 0.3 is 5.97 Å². The minimum absolute atomic E-state index is 0.0875. The number of carboxylic acids is 1. The molecule has 1 heterocycles. The number of amides is 1. The Bertz CT molecular complexity index is 851. The van der Waals surface area contributed by atoms with Crippen molar-refractivity contribution in [2.45, 2.75) is 42.9 Å². The molecule has 3 rings (SSSR count). The Morgan fingerprint density at radius 2 is 2.00 bits per heavy atom. The van der Waals surface area contributed by atoms with Crippen molar-refractivity contribution in [2.24, 2.45) is 0 Å². The van der Waals surface area contributed by atoms with Gasteiger partial charge in [-0.25, -0.2) is 17.9 Å². The van der Waals surface area contributed by atoms with Crippen molar-refractivity contribution in [3.8, 4) is 5.75 Å². The predicted molar refractivity (Wildman–Crippen MR) is 94.2 cm³/mol. The third kappa shape index (κ3) is 4.40. The summed E-state index contributed by atoms with van der Waals surface area (Å²) in [4.78, 5) is 25.3. The van der Waals surface area contributed by atoms with Crippen LogP contribution in [0, 0.1) is 0 Å². The highest BCUT2D eigenvalue weighted by Gasteiger charge is 2.34. The van der Waals surface area contributed by atoms with Crippen molar-refractivity contribution in [1.82, 2.24) is 9.62 Å². The molecule has 9 nitrogen and oxygen atoms in total. The highest BCUT2D eigenvalue weighted by Crippen LogP contribution is 2.29. The summed E-state index contributed by atoms with van der Waals surface area (Å²) in [6.07, 6.45) is 0.00244. The van der Waals surface area contributed by atoms with Crippen molar-refractivity contribution >= 4 is 21.9 Å². The molecule has 1 aromatic rings. The van der Waals surface area contributed by atoms with Gasteiger partial charge in [0.15, 0.2) is 6.10 Å². The zero-order chi connectivity index (χ0) is 19.8. The zero-order valence-electron chi connectivity index (χ0n) is 15.0. The molecule has 1 aliphatic heterocycles. The van der Waals surface area contributed by atoms with Gasteiger partial charge in [0.2, 0.25) is 10.0 Å². The Morgan fingerprint density at radius 3 is 2.59 bits per heavy atom. The number of methoxy groups -OCH3 is 1. The van der Waals surface area contributed by atoms with Gasteiger partial charge in [-0.1, -0.05) is 0 Å². The van der Waals surface area contributed by atoms with Gasteiger partial charge in [-0.3, -0.25) is 4.79 Å². The molecule has 2 aliphatic rings. The number of ether oxygens (including phenoxy) is 2. The molecule has 10 heteroatoms. The highest BCUT2D eigenvalue weighted by molar-refractivity contribution is 7.89. The Morgan fingerprint density at radius 1 is 1.30 bits per heavy atom. The van der Waals surface area contributed by atoms with Crippen molar-refractivity contribution in [1.29, 1.82) is 0 Å². The third-order valence-corrected chi connectivity index (χ3v) is 5.96. The second-order valence-electron chi connectivity index (χ2n) is 6.74. The second kappa shape index (κ2) is 7.45. The molecule has 1 amide bonds. The van der Waals surface area contributed by atoms with Crippen LogP contribution >= 0.6 is 0 Å². The second-order valence-corrected chi connectivity index (χ2v) is 8.43. The fourth-order valence-electron chi connectivity index (χ4n) is 2.94. The number of aliphatic carboxylic acids is 1. The normalized spacial score (nSPS) is 23.1. The van der Waals surface area contributed by atoms with Gasteiger partial charge in [0.25, 0.3) is 5.91 Å². The summed E-state index contributed by atoms with van der Waals surface area (Å²) in [5, 5.41) is 9.17. The van der Waals surface area contributed by atoms with E-state index >= 15 is 0 Å². The standard InChI is InChI=1S/C17H22N2O7S/c1-10-8-19(9-14(26-10)17(21)22)16(20)11-3-6-13(25-2)15(7-11)27(23,24)18-12-4-5-12/h3,6-7,10,12,14,18H,4-5,8-9H2,1-2H3,(H,21,22)/t10-,14?/m1/s1. The Labute approximate surface area is 157 Å². The number of morpholine rings is 1. The van der Waals surface area contributed by atoms with E-state index in [2.05, 4.69) is 4.72 Å². The van der Waals surface area contributed by atoms with Crippen LogP contribution in [0.25, 0.3) is 0 Å². The number of hydrogen-bond acceptors (Lipinski definition) is 6. The lowest BCUT2D eigenvalue weighted by atomic mass is 10.1. The quantitative estimate of drug-likeness (QED) is 0.713.